The van der Waals surface area contributed by atoms with Gasteiger partial charge in [0.15, 0.2) is 0 Å². The Morgan fingerprint density at radius 3 is 2.87 bits per heavy atom. The zero-order chi connectivity index (χ0) is 15.8. The van der Waals surface area contributed by atoms with Crippen LogP contribution in [-0.2, 0) is 4.79 Å². The van der Waals surface area contributed by atoms with Gasteiger partial charge in [-0.05, 0) is 18.9 Å². The first-order chi connectivity index (χ1) is 11.3. The fourth-order valence-electron chi connectivity index (χ4n) is 3.89. The van der Waals surface area contributed by atoms with Crippen LogP contribution in [0, 0.1) is 11.3 Å². The van der Waals surface area contributed by atoms with Crippen LogP contribution in [0.5, 0.6) is 0 Å². The highest BCUT2D eigenvalue weighted by atomic mass is 16.2. The zero-order valence-electron chi connectivity index (χ0n) is 12.8. The number of aromatic nitrogens is 3. The molecule has 2 aromatic rings. The summed E-state index contributed by atoms with van der Waals surface area (Å²) in [5.41, 5.74) is 0.842. The topological polar surface area (TPSA) is 88.9 Å². The van der Waals surface area contributed by atoms with Crippen LogP contribution in [0.3, 0.4) is 0 Å². The summed E-state index contributed by atoms with van der Waals surface area (Å²) in [7, 11) is 0. The number of aromatic amines is 1. The third-order valence-corrected chi connectivity index (χ3v) is 4.85. The number of anilines is 1. The molecule has 4 rings (SSSR count). The summed E-state index contributed by atoms with van der Waals surface area (Å²) in [4.78, 5) is 28.5. The molecule has 2 aliphatic heterocycles. The quantitative estimate of drug-likeness (QED) is 0.926. The van der Waals surface area contributed by atoms with Gasteiger partial charge in [-0.1, -0.05) is 0 Å². The molecule has 2 aromatic heterocycles. The van der Waals surface area contributed by atoms with Gasteiger partial charge >= 0.3 is 0 Å². The minimum atomic E-state index is 0.119. The Balaban J connectivity index is 1.57. The maximum atomic E-state index is 12.4. The average molecular weight is 310 g/mol. The van der Waals surface area contributed by atoms with Crippen molar-refractivity contribution in [2.75, 3.05) is 18.0 Å². The Morgan fingerprint density at radius 1 is 1.35 bits per heavy atom. The molecule has 2 bridgehead atoms. The third kappa shape index (κ3) is 2.31. The maximum Gasteiger partial charge on any atom is 0.224 e. The second-order valence-electron chi connectivity index (χ2n) is 6.19. The van der Waals surface area contributed by atoms with Crippen molar-refractivity contribution in [1.29, 1.82) is 5.26 Å². The molecule has 7 nitrogen and oxygen atoms in total. The van der Waals surface area contributed by atoms with Gasteiger partial charge in [0.05, 0.1) is 11.5 Å². The first kappa shape index (κ1) is 14.0. The first-order valence-corrected chi connectivity index (χ1v) is 7.99. The summed E-state index contributed by atoms with van der Waals surface area (Å²) in [6.07, 6.45) is 6.15. The normalized spacial score (nSPS) is 23.3. The van der Waals surface area contributed by atoms with E-state index in [9.17, 15) is 4.79 Å². The standard InChI is InChI=1S/C16H18N6O/c17-6-1-2-14(23)22-11-3-4-12(22)9-21(8-11)16-13-5-7-18-15(13)19-10-20-16/h5,7,10-12H,1-4,8-9H2,(H,18,19,20). The Kier molecular flexibility index (Phi) is 3.37. The summed E-state index contributed by atoms with van der Waals surface area (Å²) in [6, 6.07) is 4.51. The van der Waals surface area contributed by atoms with E-state index in [0.29, 0.717) is 12.8 Å². The molecule has 0 radical (unpaired) electrons. The molecule has 2 aliphatic rings. The van der Waals surface area contributed by atoms with Gasteiger partial charge in [0, 0.05) is 44.2 Å². The van der Waals surface area contributed by atoms with Crippen molar-refractivity contribution in [3.8, 4) is 6.07 Å². The van der Waals surface area contributed by atoms with E-state index in [1.54, 1.807) is 6.33 Å². The Hall–Kier alpha value is -2.62. The molecule has 23 heavy (non-hydrogen) atoms. The molecule has 2 fully saturated rings. The van der Waals surface area contributed by atoms with Gasteiger partial charge in [-0.3, -0.25) is 4.79 Å². The second-order valence-corrected chi connectivity index (χ2v) is 6.19. The number of carbonyl (C=O) groups is 1. The SMILES string of the molecule is N#CCCC(=O)N1C2CCC1CN(c1ncnc3[nH]ccc13)C2. The number of hydrogen-bond acceptors (Lipinski definition) is 5. The van der Waals surface area contributed by atoms with Crippen molar-refractivity contribution in [1.82, 2.24) is 19.9 Å². The molecule has 0 saturated carbocycles. The number of carbonyl (C=O) groups excluding carboxylic acids is 1. The smallest absolute Gasteiger partial charge is 0.224 e. The van der Waals surface area contributed by atoms with Crippen molar-refractivity contribution in [3.63, 3.8) is 0 Å². The van der Waals surface area contributed by atoms with Gasteiger partial charge in [-0.2, -0.15) is 5.26 Å². The summed E-state index contributed by atoms with van der Waals surface area (Å²) >= 11 is 0. The van der Waals surface area contributed by atoms with E-state index in [1.807, 2.05) is 17.2 Å². The molecule has 0 aromatic carbocycles. The van der Waals surface area contributed by atoms with Gasteiger partial charge in [-0.15, -0.1) is 0 Å². The number of nitriles is 1. The summed E-state index contributed by atoms with van der Waals surface area (Å²) in [5.74, 6) is 1.06. The average Bonchev–Trinajstić information content (AvgIpc) is 3.14. The lowest BCUT2D eigenvalue weighted by atomic mass is 10.1. The van der Waals surface area contributed by atoms with Crippen LogP contribution in [0.2, 0.25) is 0 Å². The minimum absolute atomic E-state index is 0.119. The lowest BCUT2D eigenvalue weighted by molar-refractivity contribution is -0.134. The number of hydrogen-bond donors (Lipinski definition) is 1. The summed E-state index contributed by atoms with van der Waals surface area (Å²) < 4.78 is 0. The van der Waals surface area contributed by atoms with E-state index in [2.05, 4.69) is 25.9 Å². The van der Waals surface area contributed by atoms with Crippen molar-refractivity contribution < 1.29 is 4.79 Å². The van der Waals surface area contributed by atoms with Crippen molar-refractivity contribution in [2.24, 2.45) is 0 Å². The van der Waals surface area contributed by atoms with E-state index in [1.165, 1.54) is 0 Å². The Bertz CT molecular complexity index is 764. The number of nitrogens with one attached hydrogen (secondary N) is 1. The van der Waals surface area contributed by atoms with E-state index in [0.717, 1.165) is 42.8 Å². The highest BCUT2D eigenvalue weighted by Gasteiger charge is 2.42. The second kappa shape index (κ2) is 5.54. The maximum absolute atomic E-state index is 12.4. The predicted molar refractivity (Wildman–Crippen MR) is 84.6 cm³/mol. The molecule has 2 atom stereocenters. The van der Waals surface area contributed by atoms with Crippen LogP contribution in [0.1, 0.15) is 25.7 Å². The number of rotatable bonds is 3. The molecule has 2 unspecified atom stereocenters. The number of nitrogens with zero attached hydrogens (tertiary/aromatic N) is 5. The molecule has 118 valence electrons. The van der Waals surface area contributed by atoms with E-state index < -0.39 is 0 Å². The van der Waals surface area contributed by atoms with E-state index in [-0.39, 0.29) is 18.0 Å². The van der Waals surface area contributed by atoms with Crippen LogP contribution in [-0.4, -0.2) is 50.9 Å². The van der Waals surface area contributed by atoms with Gasteiger partial charge in [0.1, 0.15) is 17.8 Å². The molecular weight excluding hydrogens is 292 g/mol. The molecule has 4 heterocycles. The van der Waals surface area contributed by atoms with Crippen LogP contribution in [0.4, 0.5) is 5.82 Å². The summed E-state index contributed by atoms with van der Waals surface area (Å²) in [6.45, 7) is 1.60. The third-order valence-electron chi connectivity index (χ3n) is 4.85. The fraction of sp³-hybridized carbons (Fsp3) is 0.500. The summed E-state index contributed by atoms with van der Waals surface area (Å²) in [5, 5.41) is 9.71. The molecule has 7 heteroatoms. The minimum Gasteiger partial charge on any atom is -0.352 e. The van der Waals surface area contributed by atoms with Crippen molar-refractivity contribution >= 4 is 22.8 Å². The van der Waals surface area contributed by atoms with Gasteiger partial charge in [-0.25, -0.2) is 9.97 Å². The van der Waals surface area contributed by atoms with Crippen molar-refractivity contribution in [3.05, 3.63) is 18.6 Å². The monoisotopic (exact) mass is 310 g/mol. The van der Waals surface area contributed by atoms with Gasteiger partial charge < -0.3 is 14.8 Å². The first-order valence-electron chi connectivity index (χ1n) is 7.99. The fourth-order valence-corrected chi connectivity index (χ4v) is 3.89. The van der Waals surface area contributed by atoms with E-state index in [4.69, 9.17) is 5.26 Å². The molecule has 1 N–H and O–H groups in total. The van der Waals surface area contributed by atoms with Crippen LogP contribution >= 0.6 is 0 Å². The number of amides is 1. The van der Waals surface area contributed by atoms with Crippen LogP contribution in [0.25, 0.3) is 11.0 Å². The van der Waals surface area contributed by atoms with Gasteiger partial charge in [0.2, 0.25) is 5.91 Å². The number of H-pyrrole nitrogens is 1. The lowest BCUT2D eigenvalue weighted by Gasteiger charge is -2.41. The molecule has 0 aliphatic carbocycles. The molecular formula is C16H18N6O. The predicted octanol–water partition coefficient (Wildman–Crippen LogP) is 1.44. The number of fused-ring (bicyclic) bond motifs is 3. The highest BCUT2D eigenvalue weighted by molar-refractivity contribution is 5.87. The van der Waals surface area contributed by atoms with Crippen LogP contribution < -0.4 is 4.90 Å². The number of piperazine rings is 1. The Morgan fingerprint density at radius 2 is 2.13 bits per heavy atom. The van der Waals surface area contributed by atoms with Crippen molar-refractivity contribution in [2.45, 2.75) is 37.8 Å². The molecule has 2 saturated heterocycles. The van der Waals surface area contributed by atoms with Gasteiger partial charge in [0.25, 0.3) is 0 Å². The van der Waals surface area contributed by atoms with Crippen LogP contribution in [0.15, 0.2) is 18.6 Å². The largest absolute Gasteiger partial charge is 0.352 e. The zero-order valence-corrected chi connectivity index (χ0v) is 12.8. The van der Waals surface area contributed by atoms with E-state index >= 15 is 0 Å². The molecule has 0 spiro atoms. The Labute approximate surface area is 133 Å². The highest BCUT2D eigenvalue weighted by Crippen LogP contribution is 2.34. The lowest BCUT2D eigenvalue weighted by Crippen LogP contribution is -2.56. The molecule has 1 amide bonds.